The van der Waals surface area contributed by atoms with E-state index in [-0.39, 0.29) is 12.0 Å². The second kappa shape index (κ2) is 5.22. The van der Waals surface area contributed by atoms with Gasteiger partial charge >= 0.3 is 5.97 Å². The van der Waals surface area contributed by atoms with Crippen molar-refractivity contribution >= 4 is 5.97 Å². The fourth-order valence-electron chi connectivity index (χ4n) is 1.40. The second-order valence-corrected chi connectivity index (χ2v) is 4.03. The molecule has 0 radical (unpaired) electrons. The van der Waals surface area contributed by atoms with E-state index in [9.17, 15) is 4.79 Å². The summed E-state index contributed by atoms with van der Waals surface area (Å²) in [5.74, 6) is 0.348. The van der Waals surface area contributed by atoms with Gasteiger partial charge in [-0.15, -0.1) is 0 Å². The van der Waals surface area contributed by atoms with Crippen LogP contribution in [0.3, 0.4) is 0 Å². The van der Waals surface area contributed by atoms with Gasteiger partial charge in [0.2, 0.25) is 0 Å². The van der Waals surface area contributed by atoms with Gasteiger partial charge in [0.1, 0.15) is 6.04 Å². The van der Waals surface area contributed by atoms with E-state index in [1.807, 2.05) is 13.8 Å². The molecule has 13 heavy (non-hydrogen) atoms. The maximum atomic E-state index is 11.4. The number of nitrogens with one attached hydrogen (secondary N) is 1. The minimum Gasteiger partial charge on any atom is -0.464 e. The number of rotatable bonds is 3. The number of hydrogen-bond acceptors (Lipinski definition) is 3. The Morgan fingerprint density at radius 3 is 2.85 bits per heavy atom. The summed E-state index contributed by atoms with van der Waals surface area (Å²) < 4.78 is 5.14. The molecule has 1 saturated heterocycles. The SMILES string of the molecule is CC(C)COC(=O)[C@H]1CCCCN1. The molecule has 1 rings (SSSR count). The zero-order valence-corrected chi connectivity index (χ0v) is 8.51. The minimum absolute atomic E-state index is 0.0486. The lowest BCUT2D eigenvalue weighted by Crippen LogP contribution is -2.41. The summed E-state index contributed by atoms with van der Waals surface area (Å²) in [6.07, 6.45) is 3.24. The van der Waals surface area contributed by atoms with Gasteiger partial charge in [0.15, 0.2) is 0 Å². The van der Waals surface area contributed by atoms with Crippen molar-refractivity contribution in [1.82, 2.24) is 5.32 Å². The molecule has 1 atom stereocenters. The van der Waals surface area contributed by atoms with Gasteiger partial charge in [-0.1, -0.05) is 20.3 Å². The van der Waals surface area contributed by atoms with Crippen molar-refractivity contribution in [2.75, 3.05) is 13.2 Å². The van der Waals surface area contributed by atoms with E-state index in [0.29, 0.717) is 12.5 Å². The lowest BCUT2D eigenvalue weighted by atomic mass is 10.1. The van der Waals surface area contributed by atoms with Crippen molar-refractivity contribution in [3.8, 4) is 0 Å². The third kappa shape index (κ3) is 3.77. The first-order valence-corrected chi connectivity index (χ1v) is 5.10. The molecule has 0 amide bonds. The molecule has 0 aromatic rings. The molecule has 1 N–H and O–H groups in total. The van der Waals surface area contributed by atoms with Gasteiger partial charge in [0.05, 0.1) is 6.61 Å². The topological polar surface area (TPSA) is 38.3 Å². The fraction of sp³-hybridized carbons (Fsp3) is 0.900. The Bertz CT molecular complexity index is 162. The highest BCUT2D eigenvalue weighted by molar-refractivity contribution is 5.75. The Labute approximate surface area is 79.8 Å². The van der Waals surface area contributed by atoms with E-state index in [0.717, 1.165) is 19.4 Å². The van der Waals surface area contributed by atoms with Crippen molar-refractivity contribution in [3.63, 3.8) is 0 Å². The Balaban J connectivity index is 2.21. The Morgan fingerprint density at radius 1 is 1.54 bits per heavy atom. The van der Waals surface area contributed by atoms with Crippen LogP contribution in [0.2, 0.25) is 0 Å². The molecular weight excluding hydrogens is 166 g/mol. The number of carbonyl (C=O) groups is 1. The van der Waals surface area contributed by atoms with Crippen molar-refractivity contribution in [2.45, 2.75) is 39.2 Å². The first-order chi connectivity index (χ1) is 6.20. The minimum atomic E-state index is -0.0756. The largest absolute Gasteiger partial charge is 0.464 e. The monoisotopic (exact) mass is 185 g/mol. The highest BCUT2D eigenvalue weighted by atomic mass is 16.5. The number of piperidine rings is 1. The number of esters is 1. The average Bonchev–Trinajstić information content (AvgIpc) is 2.15. The molecule has 0 bridgehead atoms. The molecule has 1 fully saturated rings. The standard InChI is InChI=1S/C10H19NO2/c1-8(2)7-13-10(12)9-5-3-4-6-11-9/h8-9,11H,3-7H2,1-2H3/t9-/m1/s1. The lowest BCUT2D eigenvalue weighted by molar-refractivity contribution is -0.147. The molecule has 1 heterocycles. The van der Waals surface area contributed by atoms with E-state index in [2.05, 4.69) is 5.32 Å². The zero-order valence-electron chi connectivity index (χ0n) is 8.51. The third-order valence-corrected chi connectivity index (χ3v) is 2.15. The van der Waals surface area contributed by atoms with Crippen LogP contribution < -0.4 is 5.32 Å². The molecule has 0 aromatic carbocycles. The van der Waals surface area contributed by atoms with Crippen molar-refractivity contribution in [2.24, 2.45) is 5.92 Å². The molecule has 0 aromatic heterocycles. The van der Waals surface area contributed by atoms with Crippen molar-refractivity contribution in [3.05, 3.63) is 0 Å². The maximum Gasteiger partial charge on any atom is 0.323 e. The molecule has 0 spiro atoms. The predicted molar refractivity (Wildman–Crippen MR) is 51.4 cm³/mol. The van der Waals surface area contributed by atoms with Gasteiger partial charge in [0.25, 0.3) is 0 Å². The van der Waals surface area contributed by atoms with Crippen LogP contribution in [0.25, 0.3) is 0 Å². The third-order valence-electron chi connectivity index (χ3n) is 2.15. The summed E-state index contributed by atoms with van der Waals surface area (Å²) >= 11 is 0. The molecule has 3 heteroatoms. The van der Waals surface area contributed by atoms with Gasteiger partial charge in [-0.25, -0.2) is 0 Å². The van der Waals surface area contributed by atoms with E-state index >= 15 is 0 Å². The van der Waals surface area contributed by atoms with Crippen LogP contribution >= 0.6 is 0 Å². The van der Waals surface area contributed by atoms with E-state index < -0.39 is 0 Å². The van der Waals surface area contributed by atoms with Crippen molar-refractivity contribution in [1.29, 1.82) is 0 Å². The first-order valence-electron chi connectivity index (χ1n) is 5.10. The normalized spacial score (nSPS) is 23.2. The van der Waals surface area contributed by atoms with E-state index in [1.165, 1.54) is 6.42 Å². The lowest BCUT2D eigenvalue weighted by Gasteiger charge is -2.22. The van der Waals surface area contributed by atoms with Crippen LogP contribution in [-0.2, 0) is 9.53 Å². The fourth-order valence-corrected chi connectivity index (χ4v) is 1.40. The van der Waals surface area contributed by atoms with Crippen LogP contribution in [-0.4, -0.2) is 25.2 Å². The summed E-state index contributed by atoms with van der Waals surface area (Å²) in [6, 6.07) is -0.0486. The van der Waals surface area contributed by atoms with Gasteiger partial charge < -0.3 is 10.1 Å². The van der Waals surface area contributed by atoms with Gasteiger partial charge in [-0.3, -0.25) is 4.79 Å². The smallest absolute Gasteiger partial charge is 0.323 e. The molecular formula is C10H19NO2. The summed E-state index contributed by atoms with van der Waals surface area (Å²) in [6.45, 7) is 5.57. The van der Waals surface area contributed by atoms with Gasteiger partial charge in [-0.2, -0.15) is 0 Å². The second-order valence-electron chi connectivity index (χ2n) is 4.03. The number of carbonyl (C=O) groups excluding carboxylic acids is 1. The maximum absolute atomic E-state index is 11.4. The van der Waals surface area contributed by atoms with Crippen LogP contribution in [0, 0.1) is 5.92 Å². The van der Waals surface area contributed by atoms with Crippen LogP contribution in [0.1, 0.15) is 33.1 Å². The quantitative estimate of drug-likeness (QED) is 0.674. The zero-order chi connectivity index (χ0) is 9.68. The molecule has 0 aliphatic carbocycles. The van der Waals surface area contributed by atoms with Gasteiger partial charge in [-0.05, 0) is 25.3 Å². The molecule has 0 saturated carbocycles. The predicted octanol–water partition coefficient (Wildman–Crippen LogP) is 1.33. The highest BCUT2D eigenvalue weighted by Crippen LogP contribution is 2.08. The van der Waals surface area contributed by atoms with E-state index in [4.69, 9.17) is 4.74 Å². The number of ether oxygens (including phenoxy) is 1. The summed E-state index contributed by atoms with van der Waals surface area (Å²) in [5.41, 5.74) is 0. The Kier molecular flexibility index (Phi) is 4.22. The molecule has 76 valence electrons. The van der Waals surface area contributed by atoms with Crippen LogP contribution in [0.4, 0.5) is 0 Å². The van der Waals surface area contributed by atoms with Gasteiger partial charge in [0, 0.05) is 0 Å². The Morgan fingerprint density at radius 2 is 2.31 bits per heavy atom. The molecule has 1 aliphatic rings. The highest BCUT2D eigenvalue weighted by Gasteiger charge is 2.21. The van der Waals surface area contributed by atoms with Crippen LogP contribution in [0.15, 0.2) is 0 Å². The molecule has 0 unspecified atom stereocenters. The Hall–Kier alpha value is -0.570. The summed E-state index contributed by atoms with van der Waals surface area (Å²) in [4.78, 5) is 11.4. The average molecular weight is 185 g/mol. The summed E-state index contributed by atoms with van der Waals surface area (Å²) in [5, 5.41) is 3.17. The first kappa shape index (κ1) is 10.5. The summed E-state index contributed by atoms with van der Waals surface area (Å²) in [7, 11) is 0. The molecule has 3 nitrogen and oxygen atoms in total. The van der Waals surface area contributed by atoms with E-state index in [1.54, 1.807) is 0 Å². The molecule has 1 aliphatic heterocycles. The van der Waals surface area contributed by atoms with Crippen molar-refractivity contribution < 1.29 is 9.53 Å². The van der Waals surface area contributed by atoms with Crippen LogP contribution in [0.5, 0.6) is 0 Å². The number of hydrogen-bond donors (Lipinski definition) is 1.